The van der Waals surface area contributed by atoms with Crippen LogP contribution in [0.3, 0.4) is 0 Å². The van der Waals surface area contributed by atoms with Crippen molar-refractivity contribution < 1.29 is 4.74 Å². The number of halogens is 2. The third-order valence-corrected chi connectivity index (χ3v) is 6.58. The monoisotopic (exact) mass is 450 g/mol. The molecule has 31 heavy (non-hydrogen) atoms. The second-order valence-corrected chi connectivity index (χ2v) is 9.45. The van der Waals surface area contributed by atoms with Gasteiger partial charge >= 0.3 is 0 Å². The van der Waals surface area contributed by atoms with Gasteiger partial charge in [-0.3, -0.25) is 0 Å². The van der Waals surface area contributed by atoms with Crippen molar-refractivity contribution in [1.29, 1.82) is 0 Å². The summed E-state index contributed by atoms with van der Waals surface area (Å²) in [6.07, 6.45) is 0.428. The van der Waals surface area contributed by atoms with Crippen LogP contribution in [-0.2, 0) is 0 Å². The largest absolute Gasteiger partial charge is 0.463 e. The van der Waals surface area contributed by atoms with Gasteiger partial charge in [0.05, 0.1) is 16.8 Å². The molecule has 0 spiro atoms. The molecule has 2 aliphatic rings. The zero-order valence-corrected chi connectivity index (χ0v) is 19.3. The quantitative estimate of drug-likeness (QED) is 0.408. The Balaban J connectivity index is 1.59. The van der Waals surface area contributed by atoms with Gasteiger partial charge in [-0.15, -0.1) is 0 Å². The van der Waals surface area contributed by atoms with Crippen LogP contribution in [0.4, 0.5) is 0 Å². The van der Waals surface area contributed by atoms with Crippen LogP contribution in [-0.4, -0.2) is 10.7 Å². The summed E-state index contributed by atoms with van der Waals surface area (Å²) < 4.78 is 6.45. The van der Waals surface area contributed by atoms with Gasteiger partial charge in [0, 0.05) is 22.6 Å². The first-order valence-corrected chi connectivity index (χ1v) is 11.3. The van der Waals surface area contributed by atoms with Crippen molar-refractivity contribution in [3.05, 3.63) is 98.5 Å². The minimum absolute atomic E-state index is 0.0195. The molecule has 0 saturated carbocycles. The smallest absolute Gasteiger partial charge is 0.213 e. The van der Waals surface area contributed by atoms with Crippen molar-refractivity contribution in [3.63, 3.8) is 0 Å². The van der Waals surface area contributed by atoms with Gasteiger partial charge in [-0.05, 0) is 36.1 Å². The fraction of sp³-hybridized carbons (Fsp3) is 0.269. The number of hydrogen-bond donors (Lipinski definition) is 0. The van der Waals surface area contributed by atoms with E-state index in [1.165, 1.54) is 11.1 Å². The van der Waals surface area contributed by atoms with Crippen LogP contribution in [0.5, 0.6) is 5.75 Å². The molecule has 0 fully saturated rings. The molecule has 3 nitrogen and oxygen atoms in total. The molecule has 0 aliphatic carbocycles. The van der Waals surface area contributed by atoms with Crippen LogP contribution in [0.1, 0.15) is 66.3 Å². The summed E-state index contributed by atoms with van der Waals surface area (Å²) in [7, 11) is 0. The summed E-state index contributed by atoms with van der Waals surface area (Å²) >= 11 is 12.9. The zero-order chi connectivity index (χ0) is 21.7. The third-order valence-electron chi connectivity index (χ3n) is 6.08. The Morgan fingerprint density at radius 3 is 2.39 bits per heavy atom. The molecule has 158 valence electrons. The van der Waals surface area contributed by atoms with Crippen LogP contribution < -0.4 is 4.74 Å². The molecule has 5 heteroatoms. The summed E-state index contributed by atoms with van der Waals surface area (Å²) in [6.45, 7) is 6.48. The maximum absolute atomic E-state index is 6.56. The van der Waals surface area contributed by atoms with Crippen molar-refractivity contribution in [1.82, 2.24) is 5.01 Å². The molecule has 0 radical (unpaired) electrons. The number of fused-ring (bicyclic) bond motifs is 3. The van der Waals surface area contributed by atoms with Gasteiger partial charge in [0.25, 0.3) is 0 Å². The van der Waals surface area contributed by atoms with Crippen LogP contribution in [0.15, 0.2) is 65.8 Å². The average Bonchev–Trinajstić information content (AvgIpc) is 3.19. The van der Waals surface area contributed by atoms with Crippen molar-refractivity contribution in [2.45, 2.75) is 45.4 Å². The van der Waals surface area contributed by atoms with Gasteiger partial charge < -0.3 is 4.74 Å². The Labute approximate surface area is 193 Å². The molecule has 0 amide bonds. The van der Waals surface area contributed by atoms with Gasteiger partial charge in [0.2, 0.25) is 6.23 Å². The lowest BCUT2D eigenvalue weighted by Crippen LogP contribution is -2.33. The fourth-order valence-corrected chi connectivity index (χ4v) is 4.85. The lowest BCUT2D eigenvalue weighted by atomic mass is 9.95. The standard InChI is InChI=1S/C26H24Cl2N2O/c1-15(2)17-8-10-19(11-9-17)26-30-24(21-12-20(27)13-22(28)25(21)31-26)14-23(29-30)18-6-4-16(3)5-7-18/h4-13,15,24,26H,14H2,1-3H3. The Bertz CT molecular complexity index is 1150. The highest BCUT2D eigenvalue weighted by molar-refractivity contribution is 6.35. The molecule has 0 bridgehead atoms. The highest BCUT2D eigenvalue weighted by Gasteiger charge is 2.42. The van der Waals surface area contributed by atoms with E-state index in [9.17, 15) is 0 Å². The van der Waals surface area contributed by atoms with Crippen molar-refractivity contribution in [3.8, 4) is 5.75 Å². The molecule has 2 unspecified atom stereocenters. The van der Waals surface area contributed by atoms with E-state index >= 15 is 0 Å². The predicted octanol–water partition coefficient (Wildman–Crippen LogP) is 7.67. The molecule has 0 N–H and O–H groups in total. The molecule has 3 aromatic carbocycles. The maximum atomic E-state index is 6.56. The first-order chi connectivity index (χ1) is 14.9. The molecule has 2 atom stereocenters. The SMILES string of the molecule is Cc1ccc(C2=NN3C(C2)c2cc(Cl)cc(Cl)c2OC3c2ccc(C(C)C)cc2)cc1. The van der Waals surface area contributed by atoms with E-state index in [1.54, 1.807) is 6.07 Å². The number of aryl methyl sites for hydroxylation is 1. The van der Waals surface area contributed by atoms with Crippen molar-refractivity contribution >= 4 is 28.9 Å². The minimum atomic E-state index is -0.347. The van der Waals surface area contributed by atoms with Gasteiger partial charge in [-0.2, -0.15) is 5.10 Å². The van der Waals surface area contributed by atoms with Crippen molar-refractivity contribution in [2.24, 2.45) is 5.10 Å². The van der Waals surface area contributed by atoms with Gasteiger partial charge in [0.1, 0.15) is 5.75 Å². The zero-order valence-electron chi connectivity index (χ0n) is 17.8. The summed E-state index contributed by atoms with van der Waals surface area (Å²) in [6, 6.07) is 20.8. The number of ether oxygens (including phenoxy) is 1. The Kier molecular flexibility index (Phi) is 5.19. The topological polar surface area (TPSA) is 24.8 Å². The molecule has 0 saturated heterocycles. The highest BCUT2D eigenvalue weighted by atomic mass is 35.5. The number of rotatable bonds is 3. The Hall–Kier alpha value is -2.49. The summed E-state index contributed by atoms with van der Waals surface area (Å²) in [5, 5.41) is 8.23. The molecule has 2 heterocycles. The third kappa shape index (κ3) is 3.71. The summed E-state index contributed by atoms with van der Waals surface area (Å²) in [4.78, 5) is 0. The molecule has 3 aromatic rings. The molecular weight excluding hydrogens is 427 g/mol. The van der Waals surface area contributed by atoms with E-state index in [0.717, 1.165) is 28.8 Å². The Morgan fingerprint density at radius 2 is 1.71 bits per heavy atom. The van der Waals surface area contributed by atoms with E-state index in [0.29, 0.717) is 21.7 Å². The van der Waals surface area contributed by atoms with Crippen LogP contribution >= 0.6 is 23.2 Å². The first-order valence-electron chi connectivity index (χ1n) is 10.6. The van der Waals surface area contributed by atoms with E-state index in [4.69, 9.17) is 33.0 Å². The fourth-order valence-electron chi connectivity index (χ4n) is 4.30. The minimum Gasteiger partial charge on any atom is -0.463 e. The molecule has 5 rings (SSSR count). The molecular formula is C26H24Cl2N2O. The average molecular weight is 451 g/mol. The second kappa shape index (κ2) is 7.89. The number of benzene rings is 3. The molecule has 2 aliphatic heterocycles. The van der Waals surface area contributed by atoms with Crippen LogP contribution in [0, 0.1) is 6.92 Å². The number of nitrogens with zero attached hydrogens (tertiary/aromatic N) is 2. The van der Waals surface area contributed by atoms with Gasteiger partial charge in [-0.1, -0.05) is 91.1 Å². The van der Waals surface area contributed by atoms with Gasteiger partial charge in [-0.25, -0.2) is 5.01 Å². The number of hydrogen-bond acceptors (Lipinski definition) is 3. The van der Waals surface area contributed by atoms with E-state index < -0.39 is 0 Å². The van der Waals surface area contributed by atoms with Crippen LogP contribution in [0.25, 0.3) is 0 Å². The lowest BCUT2D eigenvalue weighted by Gasteiger charge is -2.38. The summed E-state index contributed by atoms with van der Waals surface area (Å²) in [5.74, 6) is 1.18. The van der Waals surface area contributed by atoms with Crippen LogP contribution in [0.2, 0.25) is 10.0 Å². The van der Waals surface area contributed by atoms with E-state index in [2.05, 4.69) is 74.3 Å². The second-order valence-electron chi connectivity index (χ2n) is 8.61. The van der Waals surface area contributed by atoms with E-state index in [-0.39, 0.29) is 12.3 Å². The summed E-state index contributed by atoms with van der Waals surface area (Å²) in [5.41, 5.74) is 6.74. The van der Waals surface area contributed by atoms with Gasteiger partial charge in [0.15, 0.2) is 0 Å². The van der Waals surface area contributed by atoms with E-state index in [1.807, 2.05) is 6.07 Å². The molecule has 0 aromatic heterocycles. The highest BCUT2D eigenvalue weighted by Crippen LogP contribution is 2.50. The normalized spacial score (nSPS) is 19.7. The lowest BCUT2D eigenvalue weighted by molar-refractivity contribution is -0.0189. The first kappa shape index (κ1) is 20.4. The Morgan fingerprint density at radius 1 is 1.00 bits per heavy atom. The predicted molar refractivity (Wildman–Crippen MR) is 127 cm³/mol. The number of hydrazone groups is 1. The van der Waals surface area contributed by atoms with Crippen molar-refractivity contribution in [2.75, 3.05) is 0 Å². The maximum Gasteiger partial charge on any atom is 0.213 e.